The monoisotopic (exact) mass is 467 g/mol. The average molecular weight is 468 g/mol. The Kier molecular flexibility index (Phi) is 7.20. The first kappa shape index (κ1) is 23.3. The van der Waals surface area contributed by atoms with E-state index < -0.39 is 0 Å². The second kappa shape index (κ2) is 10.8. The molecule has 3 N–H and O–H groups in total. The van der Waals surface area contributed by atoms with Crippen LogP contribution >= 0.6 is 0 Å². The molecule has 1 saturated heterocycles. The molecular weight excluding hydrogens is 434 g/mol. The van der Waals surface area contributed by atoms with E-state index in [-0.39, 0.29) is 11.5 Å². The number of phenolic OH excluding ortho intramolecular Hbond substituents is 2. The summed E-state index contributed by atoms with van der Waals surface area (Å²) in [7, 11) is 0. The molecular formula is C31H33NO3. The molecule has 4 nitrogen and oxygen atoms in total. The van der Waals surface area contributed by atoms with Gasteiger partial charge >= 0.3 is 0 Å². The van der Waals surface area contributed by atoms with E-state index in [1.165, 1.54) is 30.4 Å². The summed E-state index contributed by atoms with van der Waals surface area (Å²) < 4.78 is 6.02. The Bertz CT molecular complexity index is 1260. The third-order valence-corrected chi connectivity index (χ3v) is 7.02. The number of hydrogen-bond donors (Lipinski definition) is 3. The van der Waals surface area contributed by atoms with Crippen LogP contribution in [0.25, 0.3) is 21.9 Å². The molecule has 0 bridgehead atoms. The van der Waals surface area contributed by atoms with E-state index in [2.05, 4.69) is 35.6 Å². The molecule has 1 aliphatic rings. The molecule has 1 aliphatic heterocycles. The largest absolute Gasteiger partial charge is 0.508 e. The summed E-state index contributed by atoms with van der Waals surface area (Å²) in [6, 6.07) is 25.4. The lowest BCUT2D eigenvalue weighted by molar-refractivity contribution is 0.275. The summed E-state index contributed by atoms with van der Waals surface area (Å²) in [6.07, 6.45) is 5.70. The van der Waals surface area contributed by atoms with E-state index in [0.29, 0.717) is 0 Å². The van der Waals surface area contributed by atoms with E-state index in [1.807, 2.05) is 24.3 Å². The lowest BCUT2D eigenvalue weighted by Crippen LogP contribution is -2.29. The first-order chi connectivity index (χ1) is 17.2. The van der Waals surface area contributed by atoms with Crippen molar-refractivity contribution in [2.45, 2.75) is 32.1 Å². The Hall–Kier alpha value is -3.50. The second-order valence-electron chi connectivity index (χ2n) is 9.57. The fourth-order valence-electron chi connectivity index (χ4n) is 5.12. The minimum Gasteiger partial charge on any atom is -0.508 e. The lowest BCUT2D eigenvalue weighted by atomic mass is 9.90. The first-order valence-corrected chi connectivity index (χ1v) is 12.6. The highest BCUT2D eigenvalue weighted by molar-refractivity contribution is 5.93. The number of nitrogens with one attached hydrogen (secondary N) is 1. The van der Waals surface area contributed by atoms with Gasteiger partial charge in [0.15, 0.2) is 0 Å². The van der Waals surface area contributed by atoms with Gasteiger partial charge in [-0.2, -0.15) is 0 Å². The van der Waals surface area contributed by atoms with Crippen molar-refractivity contribution in [3.05, 3.63) is 90.0 Å². The number of piperidine rings is 1. The van der Waals surface area contributed by atoms with Crippen LogP contribution in [-0.2, 0) is 6.42 Å². The number of aromatic hydroxyl groups is 2. The zero-order valence-electron chi connectivity index (χ0n) is 20.0. The smallest absolute Gasteiger partial charge is 0.119 e. The maximum absolute atomic E-state index is 9.98. The van der Waals surface area contributed by atoms with E-state index in [4.69, 9.17) is 4.74 Å². The molecule has 0 saturated carbocycles. The van der Waals surface area contributed by atoms with Crippen LogP contribution in [0.5, 0.6) is 17.2 Å². The number of rotatable bonds is 8. The zero-order chi connectivity index (χ0) is 24.0. The maximum atomic E-state index is 9.98. The van der Waals surface area contributed by atoms with Gasteiger partial charge in [-0.05, 0) is 121 Å². The number of fused-ring (bicyclic) bond motifs is 1. The highest BCUT2D eigenvalue weighted by Crippen LogP contribution is 2.34. The fraction of sp³-hybridized carbons (Fsp3) is 0.290. The van der Waals surface area contributed by atoms with Gasteiger partial charge in [0.05, 0.1) is 6.61 Å². The summed E-state index contributed by atoms with van der Waals surface area (Å²) in [6.45, 7) is 3.07. The minimum atomic E-state index is 0.256. The molecule has 0 aromatic heterocycles. The van der Waals surface area contributed by atoms with Crippen molar-refractivity contribution in [1.82, 2.24) is 5.32 Å². The van der Waals surface area contributed by atoms with Crippen molar-refractivity contribution in [2.24, 2.45) is 5.92 Å². The van der Waals surface area contributed by atoms with Crippen molar-refractivity contribution in [3.63, 3.8) is 0 Å². The van der Waals surface area contributed by atoms with Crippen molar-refractivity contribution >= 4 is 10.8 Å². The van der Waals surface area contributed by atoms with E-state index in [9.17, 15) is 10.2 Å². The predicted octanol–water partition coefficient (Wildman–Crippen LogP) is 6.67. The van der Waals surface area contributed by atoms with Crippen LogP contribution in [0.4, 0.5) is 0 Å². The van der Waals surface area contributed by atoms with Crippen LogP contribution in [0.1, 0.15) is 36.8 Å². The fourth-order valence-corrected chi connectivity index (χ4v) is 5.12. The molecule has 5 rings (SSSR count). The van der Waals surface area contributed by atoms with Gasteiger partial charge in [0.1, 0.15) is 17.2 Å². The van der Waals surface area contributed by atoms with Gasteiger partial charge in [-0.25, -0.2) is 0 Å². The Morgan fingerprint density at radius 3 is 2.43 bits per heavy atom. The molecule has 4 heteroatoms. The molecule has 0 radical (unpaired) electrons. The molecule has 0 amide bonds. The second-order valence-corrected chi connectivity index (χ2v) is 9.57. The molecule has 0 spiro atoms. The third kappa shape index (κ3) is 5.77. The SMILES string of the molecule is Oc1ccc(-c2ccc3cc(O)ccc3c2Cc2ccc(OCCCC3CCCNC3)cc2)cc1. The summed E-state index contributed by atoms with van der Waals surface area (Å²) in [5.41, 5.74) is 4.58. The normalized spacial score (nSPS) is 15.8. The van der Waals surface area contributed by atoms with Crippen molar-refractivity contribution < 1.29 is 14.9 Å². The average Bonchev–Trinajstić information content (AvgIpc) is 2.89. The van der Waals surface area contributed by atoms with E-state index in [0.717, 1.165) is 66.1 Å². The molecule has 1 atom stereocenters. The number of ether oxygens (including phenoxy) is 1. The molecule has 1 fully saturated rings. The first-order valence-electron chi connectivity index (χ1n) is 12.6. The van der Waals surface area contributed by atoms with Gasteiger partial charge in [0.25, 0.3) is 0 Å². The van der Waals surface area contributed by atoms with Crippen LogP contribution in [-0.4, -0.2) is 29.9 Å². The number of phenols is 2. The Balaban J connectivity index is 1.31. The molecule has 4 aromatic carbocycles. The molecule has 180 valence electrons. The quantitative estimate of drug-likeness (QED) is 0.253. The van der Waals surface area contributed by atoms with Gasteiger partial charge in [-0.3, -0.25) is 0 Å². The molecule has 1 heterocycles. The van der Waals surface area contributed by atoms with Crippen molar-refractivity contribution in [3.8, 4) is 28.4 Å². The van der Waals surface area contributed by atoms with Gasteiger partial charge in [-0.1, -0.05) is 42.5 Å². The summed E-state index contributed by atoms with van der Waals surface area (Å²) in [5, 5.41) is 25.3. The molecule has 4 aromatic rings. The Morgan fingerprint density at radius 2 is 1.66 bits per heavy atom. The van der Waals surface area contributed by atoms with Crippen LogP contribution in [0, 0.1) is 5.92 Å². The van der Waals surface area contributed by atoms with Crippen molar-refractivity contribution in [1.29, 1.82) is 0 Å². The Morgan fingerprint density at radius 1 is 0.857 bits per heavy atom. The summed E-state index contributed by atoms with van der Waals surface area (Å²) in [5.74, 6) is 2.23. The van der Waals surface area contributed by atoms with Gasteiger partial charge in [0.2, 0.25) is 0 Å². The highest BCUT2D eigenvalue weighted by Gasteiger charge is 2.13. The maximum Gasteiger partial charge on any atom is 0.119 e. The van der Waals surface area contributed by atoms with Gasteiger partial charge in [-0.15, -0.1) is 0 Å². The topological polar surface area (TPSA) is 61.7 Å². The van der Waals surface area contributed by atoms with Gasteiger partial charge < -0.3 is 20.3 Å². The summed E-state index contributed by atoms with van der Waals surface area (Å²) in [4.78, 5) is 0. The lowest BCUT2D eigenvalue weighted by Gasteiger charge is -2.22. The van der Waals surface area contributed by atoms with Crippen LogP contribution < -0.4 is 10.1 Å². The summed E-state index contributed by atoms with van der Waals surface area (Å²) >= 11 is 0. The van der Waals surface area contributed by atoms with Crippen LogP contribution in [0.3, 0.4) is 0 Å². The molecule has 1 unspecified atom stereocenters. The Labute approximate surface area is 207 Å². The van der Waals surface area contributed by atoms with Crippen molar-refractivity contribution in [2.75, 3.05) is 19.7 Å². The van der Waals surface area contributed by atoms with Crippen LogP contribution in [0.2, 0.25) is 0 Å². The predicted molar refractivity (Wildman–Crippen MR) is 142 cm³/mol. The van der Waals surface area contributed by atoms with E-state index in [1.54, 1.807) is 24.3 Å². The van der Waals surface area contributed by atoms with Crippen LogP contribution in [0.15, 0.2) is 78.9 Å². The van der Waals surface area contributed by atoms with E-state index >= 15 is 0 Å². The number of benzene rings is 4. The van der Waals surface area contributed by atoms with Gasteiger partial charge in [0, 0.05) is 0 Å². The molecule has 35 heavy (non-hydrogen) atoms. The zero-order valence-corrected chi connectivity index (χ0v) is 20.0. The third-order valence-electron chi connectivity index (χ3n) is 7.02. The molecule has 0 aliphatic carbocycles. The standard InChI is InChI=1S/C31H33NO3/c33-26-10-7-24(8-11-26)29-15-9-25-20-27(34)12-16-30(25)31(29)19-22-5-13-28(14-6-22)35-18-2-4-23-3-1-17-32-21-23/h5-16,20,23,32-34H,1-4,17-19,21H2. The highest BCUT2D eigenvalue weighted by atomic mass is 16.5. The minimum absolute atomic E-state index is 0.256. The number of hydrogen-bond acceptors (Lipinski definition) is 4.